The molecular formula is C28H26Cl3N3O5. The summed E-state index contributed by atoms with van der Waals surface area (Å²) < 4.78 is 5.60. The van der Waals surface area contributed by atoms with Crippen molar-refractivity contribution in [2.75, 3.05) is 19.7 Å². The van der Waals surface area contributed by atoms with E-state index in [1.165, 1.54) is 4.90 Å². The predicted octanol–water partition coefficient (Wildman–Crippen LogP) is 5.05. The van der Waals surface area contributed by atoms with Crippen LogP contribution in [0.3, 0.4) is 0 Å². The summed E-state index contributed by atoms with van der Waals surface area (Å²) >= 11 is 17.9. The SMILES string of the molecule is O=C(NCC(O)c1ccccc1)[C@@H]1C/C(=N/OCc2ccc(Cl)c(Cl)c2)CN1C(=O)COc1ccc(Cl)cc1. The fourth-order valence-electron chi connectivity index (χ4n) is 3.96. The van der Waals surface area contributed by atoms with Crippen LogP contribution in [-0.2, 0) is 21.0 Å². The van der Waals surface area contributed by atoms with Crippen molar-refractivity contribution in [1.29, 1.82) is 0 Å². The highest BCUT2D eigenvalue weighted by Gasteiger charge is 2.38. The number of carbonyl (C=O) groups is 2. The summed E-state index contributed by atoms with van der Waals surface area (Å²) in [6, 6.07) is 19.9. The number of hydrogen-bond acceptors (Lipinski definition) is 6. The molecule has 0 spiro atoms. The van der Waals surface area contributed by atoms with Crippen LogP contribution in [0, 0.1) is 0 Å². The topological polar surface area (TPSA) is 100 Å². The lowest BCUT2D eigenvalue weighted by Crippen LogP contribution is -2.48. The zero-order chi connectivity index (χ0) is 27.8. The molecule has 1 heterocycles. The Balaban J connectivity index is 1.41. The second-order valence-corrected chi connectivity index (χ2v) is 10.1. The Bertz CT molecular complexity index is 1320. The van der Waals surface area contributed by atoms with Gasteiger partial charge in [-0.2, -0.15) is 0 Å². The van der Waals surface area contributed by atoms with Crippen molar-refractivity contribution in [3.8, 4) is 5.75 Å². The molecule has 3 aromatic rings. The normalized spacial score (nSPS) is 16.7. The number of aliphatic hydroxyl groups excluding tert-OH is 1. The van der Waals surface area contributed by atoms with Gasteiger partial charge >= 0.3 is 0 Å². The lowest BCUT2D eigenvalue weighted by Gasteiger charge is -2.24. The van der Waals surface area contributed by atoms with Gasteiger partial charge < -0.3 is 24.9 Å². The second kappa shape index (κ2) is 13.7. The average molecular weight is 591 g/mol. The van der Waals surface area contributed by atoms with Crippen LogP contribution >= 0.6 is 34.8 Å². The van der Waals surface area contributed by atoms with Gasteiger partial charge in [0, 0.05) is 18.0 Å². The molecule has 0 radical (unpaired) electrons. The number of likely N-dealkylation sites (tertiary alicyclic amines) is 1. The lowest BCUT2D eigenvalue weighted by atomic mass is 10.1. The van der Waals surface area contributed by atoms with Crippen LogP contribution in [0.5, 0.6) is 5.75 Å². The summed E-state index contributed by atoms with van der Waals surface area (Å²) in [6.45, 7) is -0.0733. The number of nitrogens with one attached hydrogen (secondary N) is 1. The van der Waals surface area contributed by atoms with Gasteiger partial charge in [-0.05, 0) is 47.5 Å². The summed E-state index contributed by atoms with van der Waals surface area (Å²) in [4.78, 5) is 33.1. The van der Waals surface area contributed by atoms with Crippen LogP contribution < -0.4 is 10.1 Å². The maximum Gasteiger partial charge on any atom is 0.261 e. The third kappa shape index (κ3) is 8.10. The molecule has 0 aromatic heterocycles. The third-order valence-corrected chi connectivity index (χ3v) is 7.01. The summed E-state index contributed by atoms with van der Waals surface area (Å²) in [5.74, 6) is -0.347. The Kier molecular flexibility index (Phi) is 10.1. The molecule has 8 nitrogen and oxygen atoms in total. The molecule has 0 saturated carbocycles. The van der Waals surface area contributed by atoms with Gasteiger partial charge in [0.15, 0.2) is 6.61 Å². The zero-order valence-corrected chi connectivity index (χ0v) is 23.0. The molecule has 1 fully saturated rings. The van der Waals surface area contributed by atoms with Crippen molar-refractivity contribution in [3.63, 3.8) is 0 Å². The van der Waals surface area contributed by atoms with E-state index in [9.17, 15) is 14.7 Å². The van der Waals surface area contributed by atoms with Crippen molar-refractivity contribution >= 4 is 52.3 Å². The molecule has 0 aliphatic carbocycles. The number of oxime groups is 1. The van der Waals surface area contributed by atoms with Crippen LogP contribution in [0.2, 0.25) is 15.1 Å². The Hall–Kier alpha value is -3.30. The van der Waals surface area contributed by atoms with Crippen molar-refractivity contribution in [1.82, 2.24) is 10.2 Å². The molecule has 204 valence electrons. The van der Waals surface area contributed by atoms with Crippen molar-refractivity contribution < 1.29 is 24.3 Å². The summed E-state index contributed by atoms with van der Waals surface area (Å²) in [5.41, 5.74) is 1.95. The van der Waals surface area contributed by atoms with Gasteiger partial charge in [0.25, 0.3) is 5.91 Å². The number of nitrogens with zero attached hydrogens (tertiary/aromatic N) is 2. The molecule has 1 saturated heterocycles. The van der Waals surface area contributed by atoms with E-state index in [2.05, 4.69) is 10.5 Å². The third-order valence-electron chi connectivity index (χ3n) is 6.02. The zero-order valence-electron chi connectivity index (χ0n) is 20.7. The molecule has 2 N–H and O–H groups in total. The number of benzene rings is 3. The number of hydrogen-bond donors (Lipinski definition) is 2. The summed E-state index contributed by atoms with van der Waals surface area (Å²) in [6.07, 6.45) is -0.724. The van der Waals surface area contributed by atoms with E-state index >= 15 is 0 Å². The molecule has 3 aromatic carbocycles. The minimum absolute atomic E-state index is 0.0110. The van der Waals surface area contributed by atoms with E-state index in [0.29, 0.717) is 32.1 Å². The van der Waals surface area contributed by atoms with Gasteiger partial charge in [0.1, 0.15) is 18.4 Å². The van der Waals surface area contributed by atoms with E-state index in [1.807, 2.05) is 6.07 Å². The van der Waals surface area contributed by atoms with Gasteiger partial charge in [-0.25, -0.2) is 0 Å². The Morgan fingerprint density at radius 2 is 1.77 bits per heavy atom. The molecule has 0 bridgehead atoms. The molecular weight excluding hydrogens is 565 g/mol. The summed E-state index contributed by atoms with van der Waals surface area (Å²) in [5, 5.41) is 18.7. The van der Waals surface area contributed by atoms with Crippen LogP contribution in [0.15, 0.2) is 78.0 Å². The number of rotatable bonds is 10. The van der Waals surface area contributed by atoms with Crippen molar-refractivity contribution in [3.05, 3.63) is 99.0 Å². The second-order valence-electron chi connectivity index (χ2n) is 8.84. The van der Waals surface area contributed by atoms with Crippen LogP contribution in [0.25, 0.3) is 0 Å². The highest BCUT2D eigenvalue weighted by atomic mass is 35.5. The van der Waals surface area contributed by atoms with Gasteiger partial charge in [0.2, 0.25) is 5.91 Å². The first-order valence-corrected chi connectivity index (χ1v) is 13.2. The number of halogens is 3. The average Bonchev–Trinajstić information content (AvgIpc) is 3.38. The van der Waals surface area contributed by atoms with Crippen molar-refractivity contribution in [2.45, 2.75) is 25.2 Å². The first-order chi connectivity index (χ1) is 18.8. The van der Waals surface area contributed by atoms with E-state index in [-0.39, 0.29) is 32.7 Å². The van der Waals surface area contributed by atoms with Gasteiger partial charge in [0.05, 0.1) is 28.4 Å². The fourth-order valence-corrected chi connectivity index (χ4v) is 4.41. The highest BCUT2D eigenvalue weighted by molar-refractivity contribution is 6.42. The largest absolute Gasteiger partial charge is 0.484 e. The lowest BCUT2D eigenvalue weighted by molar-refractivity contribution is -0.140. The minimum atomic E-state index is -0.892. The molecule has 2 amide bonds. The quantitative estimate of drug-likeness (QED) is 0.322. The molecule has 1 aliphatic rings. The number of amides is 2. The predicted molar refractivity (Wildman–Crippen MR) is 150 cm³/mol. The van der Waals surface area contributed by atoms with Crippen LogP contribution in [0.1, 0.15) is 23.7 Å². The van der Waals surface area contributed by atoms with Crippen LogP contribution in [-0.4, -0.2) is 53.3 Å². The molecule has 1 aliphatic heterocycles. The monoisotopic (exact) mass is 589 g/mol. The standard InChI is InChI=1S/C28H26Cl3N3O5/c29-20-7-9-22(10-8-20)38-17-27(36)34-15-21(33-39-16-18-6-11-23(30)24(31)12-18)13-25(34)28(37)32-14-26(35)19-4-2-1-3-5-19/h1-12,25-26,35H,13-17H2,(H,32,37)/b33-21-/t25-,26?/m0/s1. The molecule has 1 unspecified atom stereocenters. The van der Waals surface area contributed by atoms with E-state index in [0.717, 1.165) is 5.56 Å². The Morgan fingerprint density at radius 3 is 2.49 bits per heavy atom. The molecule has 11 heteroatoms. The Morgan fingerprint density at radius 1 is 1.03 bits per heavy atom. The number of carbonyl (C=O) groups excluding carboxylic acids is 2. The summed E-state index contributed by atoms with van der Waals surface area (Å²) in [7, 11) is 0. The van der Waals surface area contributed by atoms with E-state index in [1.54, 1.807) is 66.7 Å². The van der Waals surface area contributed by atoms with E-state index < -0.39 is 24.0 Å². The van der Waals surface area contributed by atoms with E-state index in [4.69, 9.17) is 44.4 Å². The van der Waals surface area contributed by atoms with Crippen LogP contribution in [0.4, 0.5) is 0 Å². The smallest absolute Gasteiger partial charge is 0.261 e. The minimum Gasteiger partial charge on any atom is -0.484 e. The first-order valence-electron chi connectivity index (χ1n) is 12.1. The van der Waals surface area contributed by atoms with Gasteiger partial charge in [-0.1, -0.05) is 76.4 Å². The highest BCUT2D eigenvalue weighted by Crippen LogP contribution is 2.24. The van der Waals surface area contributed by atoms with Gasteiger partial charge in [-0.15, -0.1) is 0 Å². The molecule has 39 heavy (non-hydrogen) atoms. The maximum absolute atomic E-state index is 13.1. The van der Waals surface area contributed by atoms with Crippen molar-refractivity contribution in [2.24, 2.45) is 5.16 Å². The first kappa shape index (κ1) is 28.7. The van der Waals surface area contributed by atoms with Gasteiger partial charge in [-0.3, -0.25) is 9.59 Å². The Labute approximate surface area is 241 Å². The number of ether oxygens (including phenoxy) is 1. The molecule has 4 rings (SSSR count). The fraction of sp³-hybridized carbons (Fsp3) is 0.250. The maximum atomic E-state index is 13.1. The number of aliphatic hydroxyl groups is 1. The molecule has 2 atom stereocenters.